The van der Waals surface area contributed by atoms with Crippen molar-refractivity contribution in [1.82, 2.24) is 15.2 Å². The third kappa shape index (κ3) is 7.03. The van der Waals surface area contributed by atoms with Crippen molar-refractivity contribution in [2.24, 2.45) is 0 Å². The van der Waals surface area contributed by atoms with Gasteiger partial charge < -0.3 is 9.73 Å². The van der Waals surface area contributed by atoms with Gasteiger partial charge in [-0.15, -0.1) is 11.3 Å². The van der Waals surface area contributed by atoms with Crippen LogP contribution in [-0.4, -0.2) is 15.8 Å². The van der Waals surface area contributed by atoms with Gasteiger partial charge in [-0.05, 0) is 36.2 Å². The Labute approximate surface area is 205 Å². The van der Waals surface area contributed by atoms with Crippen molar-refractivity contribution in [3.63, 3.8) is 0 Å². The maximum Gasteiger partial charge on any atom is 0.416 e. The molecule has 2 aromatic heterocycles. The fourth-order valence-corrected chi connectivity index (χ4v) is 4.39. The molecule has 0 radical (unpaired) electrons. The highest BCUT2D eigenvalue weighted by Gasteiger charge is 2.30. The first kappa shape index (κ1) is 24.7. The number of aromatic nitrogens is 1. The fraction of sp³-hybridized carbons (Fsp3) is 0.231. The molecule has 0 saturated carbocycles. The second-order valence-corrected chi connectivity index (χ2v) is 9.16. The number of nitrogens with one attached hydrogen (secondary N) is 1. The fourth-order valence-electron chi connectivity index (χ4n) is 3.57. The highest BCUT2D eigenvalue weighted by atomic mass is 32.1. The third-order valence-corrected chi connectivity index (χ3v) is 6.17. The van der Waals surface area contributed by atoms with Crippen LogP contribution in [-0.2, 0) is 32.4 Å². The summed E-state index contributed by atoms with van der Waals surface area (Å²) in [4.78, 5) is 18.9. The minimum Gasteiger partial charge on any atom is -0.467 e. The van der Waals surface area contributed by atoms with Crippen molar-refractivity contribution in [3.05, 3.63) is 111 Å². The lowest BCUT2D eigenvalue weighted by Crippen LogP contribution is -2.24. The monoisotopic (exact) mass is 499 g/mol. The zero-order valence-corrected chi connectivity index (χ0v) is 19.8. The number of rotatable bonds is 9. The van der Waals surface area contributed by atoms with Gasteiger partial charge in [-0.3, -0.25) is 9.69 Å². The van der Waals surface area contributed by atoms with E-state index in [1.165, 1.54) is 29.7 Å². The Hall–Kier alpha value is -3.43. The molecule has 2 heterocycles. The first-order valence-electron chi connectivity index (χ1n) is 11.0. The number of hydrogen-bond acceptors (Lipinski definition) is 5. The molecule has 2 aromatic carbocycles. The number of furan rings is 1. The lowest BCUT2D eigenvalue weighted by Gasteiger charge is -2.22. The Bertz CT molecular complexity index is 1250. The molecule has 35 heavy (non-hydrogen) atoms. The van der Waals surface area contributed by atoms with Gasteiger partial charge in [0.1, 0.15) is 16.5 Å². The molecule has 9 heteroatoms. The summed E-state index contributed by atoms with van der Waals surface area (Å²) in [5, 5.41) is 5.15. The van der Waals surface area contributed by atoms with Crippen LogP contribution >= 0.6 is 11.3 Å². The molecule has 0 aliphatic carbocycles. The maximum atomic E-state index is 13.2. The molecule has 0 fully saturated rings. The van der Waals surface area contributed by atoms with E-state index in [1.807, 2.05) is 36.1 Å². The molecule has 0 saturated heterocycles. The molecule has 5 nitrogen and oxygen atoms in total. The van der Waals surface area contributed by atoms with Crippen LogP contribution in [0.15, 0.2) is 76.7 Å². The van der Waals surface area contributed by atoms with Gasteiger partial charge in [-0.25, -0.2) is 4.98 Å². The Balaban J connectivity index is 1.48. The maximum absolute atomic E-state index is 13.2. The molecule has 4 rings (SSSR count). The summed E-state index contributed by atoms with van der Waals surface area (Å²) in [6, 6.07) is 16.9. The van der Waals surface area contributed by atoms with Crippen LogP contribution in [0, 0.1) is 6.92 Å². The van der Waals surface area contributed by atoms with Crippen LogP contribution in [0.3, 0.4) is 0 Å². The molecule has 0 atom stereocenters. The molecule has 182 valence electrons. The zero-order chi connectivity index (χ0) is 24.8. The van der Waals surface area contributed by atoms with Gasteiger partial charge in [0.05, 0.1) is 24.9 Å². The standard InChI is InChI=1S/C26H24F3N3O2S/c1-18-7-9-19(10-8-18)14-32(15-20-4-2-5-21(12-20)26(27,28)29)16-24-31-23(17-35-24)25(33)30-13-22-6-3-11-34-22/h2-12,17H,13-16H2,1H3,(H,30,33). The molecular weight excluding hydrogens is 475 g/mol. The second-order valence-electron chi connectivity index (χ2n) is 8.22. The SMILES string of the molecule is Cc1ccc(CN(Cc2cccc(C(F)(F)F)c2)Cc2nc(C(=O)NCc3ccco3)cs2)cc1. The van der Waals surface area contributed by atoms with E-state index in [-0.39, 0.29) is 12.5 Å². The predicted molar refractivity (Wildman–Crippen MR) is 128 cm³/mol. The van der Waals surface area contributed by atoms with Crippen molar-refractivity contribution >= 4 is 17.2 Å². The van der Waals surface area contributed by atoms with Crippen LogP contribution < -0.4 is 5.32 Å². The molecule has 1 amide bonds. The van der Waals surface area contributed by atoms with E-state index in [0.717, 1.165) is 17.2 Å². The summed E-state index contributed by atoms with van der Waals surface area (Å²) < 4.78 is 44.8. The second kappa shape index (κ2) is 10.9. The van der Waals surface area contributed by atoms with Gasteiger partial charge in [0.2, 0.25) is 0 Å². The van der Waals surface area contributed by atoms with E-state index in [9.17, 15) is 18.0 Å². The van der Waals surface area contributed by atoms with Gasteiger partial charge in [0.15, 0.2) is 0 Å². The number of aryl methyl sites for hydroxylation is 1. The Morgan fingerprint density at radius 3 is 2.51 bits per heavy atom. The largest absolute Gasteiger partial charge is 0.467 e. The lowest BCUT2D eigenvalue weighted by molar-refractivity contribution is -0.137. The van der Waals surface area contributed by atoms with Crippen LogP contribution in [0.5, 0.6) is 0 Å². The van der Waals surface area contributed by atoms with Crippen LogP contribution in [0.4, 0.5) is 13.2 Å². The number of benzene rings is 2. The highest BCUT2D eigenvalue weighted by molar-refractivity contribution is 7.09. The molecular formula is C26H24F3N3O2S. The smallest absolute Gasteiger partial charge is 0.416 e. The average molecular weight is 500 g/mol. The molecule has 4 aromatic rings. The summed E-state index contributed by atoms with van der Waals surface area (Å²) in [6.45, 7) is 3.47. The Kier molecular flexibility index (Phi) is 7.67. The van der Waals surface area contributed by atoms with E-state index in [0.29, 0.717) is 41.7 Å². The van der Waals surface area contributed by atoms with Crippen molar-refractivity contribution in [2.75, 3.05) is 0 Å². The van der Waals surface area contributed by atoms with E-state index in [2.05, 4.69) is 10.3 Å². The zero-order valence-electron chi connectivity index (χ0n) is 19.0. The van der Waals surface area contributed by atoms with Crippen molar-refractivity contribution in [3.8, 4) is 0 Å². The van der Waals surface area contributed by atoms with E-state index >= 15 is 0 Å². The highest BCUT2D eigenvalue weighted by Crippen LogP contribution is 2.30. The van der Waals surface area contributed by atoms with Crippen LogP contribution in [0.2, 0.25) is 0 Å². The van der Waals surface area contributed by atoms with Crippen molar-refractivity contribution in [2.45, 2.75) is 39.3 Å². The number of carbonyl (C=O) groups is 1. The van der Waals surface area contributed by atoms with Crippen molar-refractivity contribution < 1.29 is 22.4 Å². The van der Waals surface area contributed by atoms with Gasteiger partial charge in [-0.2, -0.15) is 13.2 Å². The molecule has 0 aliphatic rings. The summed E-state index contributed by atoms with van der Waals surface area (Å²) >= 11 is 1.34. The summed E-state index contributed by atoms with van der Waals surface area (Å²) in [7, 11) is 0. The Morgan fingerprint density at radius 1 is 1.03 bits per heavy atom. The van der Waals surface area contributed by atoms with Gasteiger partial charge in [0, 0.05) is 18.5 Å². The first-order chi connectivity index (χ1) is 16.8. The first-order valence-corrected chi connectivity index (χ1v) is 11.8. The molecule has 1 N–H and O–H groups in total. The van der Waals surface area contributed by atoms with E-state index in [4.69, 9.17) is 4.42 Å². The van der Waals surface area contributed by atoms with E-state index < -0.39 is 11.7 Å². The summed E-state index contributed by atoms with van der Waals surface area (Å²) in [5.74, 6) is 0.325. The molecule has 0 unspecified atom stereocenters. The molecule has 0 aliphatic heterocycles. The van der Waals surface area contributed by atoms with Crippen LogP contribution in [0.25, 0.3) is 0 Å². The topological polar surface area (TPSA) is 58.4 Å². The molecule has 0 spiro atoms. The number of thiazole rings is 1. The minimum absolute atomic E-state index is 0.258. The van der Waals surface area contributed by atoms with Gasteiger partial charge >= 0.3 is 6.18 Å². The number of carbonyl (C=O) groups excluding carboxylic acids is 1. The number of alkyl halides is 3. The average Bonchev–Trinajstić information content (AvgIpc) is 3.51. The quantitative estimate of drug-likeness (QED) is 0.298. The van der Waals surface area contributed by atoms with Crippen LogP contribution in [0.1, 0.15) is 43.5 Å². The molecule has 0 bridgehead atoms. The summed E-state index contributed by atoms with van der Waals surface area (Å²) in [5.41, 5.74) is 2.35. The van der Waals surface area contributed by atoms with Gasteiger partial charge in [0.25, 0.3) is 5.91 Å². The number of halogens is 3. The number of nitrogens with zero attached hydrogens (tertiary/aromatic N) is 2. The van der Waals surface area contributed by atoms with Gasteiger partial charge in [-0.1, -0.05) is 48.0 Å². The number of hydrogen-bond donors (Lipinski definition) is 1. The lowest BCUT2D eigenvalue weighted by atomic mass is 10.1. The Morgan fingerprint density at radius 2 is 1.80 bits per heavy atom. The normalized spacial score (nSPS) is 11.7. The third-order valence-electron chi connectivity index (χ3n) is 5.33. The van der Waals surface area contributed by atoms with Crippen molar-refractivity contribution in [1.29, 1.82) is 0 Å². The number of amides is 1. The predicted octanol–water partition coefficient (Wildman–Crippen LogP) is 6.20. The summed E-state index contributed by atoms with van der Waals surface area (Å²) in [6.07, 6.45) is -2.86. The minimum atomic E-state index is -4.40. The van der Waals surface area contributed by atoms with E-state index in [1.54, 1.807) is 23.6 Å².